The molecule has 1 aromatic carbocycles. The smallest absolute Gasteiger partial charge is 0.465 e. The van der Waals surface area contributed by atoms with Gasteiger partial charge in [0, 0.05) is 57.6 Å². The van der Waals surface area contributed by atoms with Gasteiger partial charge in [0.1, 0.15) is 5.82 Å². The zero-order valence-corrected chi connectivity index (χ0v) is 22.6. The number of ether oxygens (including phenoxy) is 2. The fraction of sp³-hybridized carbons (Fsp3) is 0.556. The molecule has 3 fully saturated rings. The molecule has 0 spiro atoms. The molecule has 2 aliphatic heterocycles. The van der Waals surface area contributed by atoms with Gasteiger partial charge in [-0.2, -0.15) is 10.2 Å². The average molecular weight is 525 g/mol. The predicted octanol–water partition coefficient (Wildman–Crippen LogP) is 3.97. The molecule has 0 radical (unpaired) electrons. The summed E-state index contributed by atoms with van der Waals surface area (Å²) in [4.78, 5) is 21.2. The summed E-state index contributed by atoms with van der Waals surface area (Å²) in [7, 11) is 0.779. The summed E-state index contributed by atoms with van der Waals surface area (Å²) in [5, 5.41) is 11.6. The van der Waals surface area contributed by atoms with Crippen molar-refractivity contribution in [3.63, 3.8) is 0 Å². The molecule has 3 heterocycles. The van der Waals surface area contributed by atoms with Gasteiger partial charge in [0.25, 0.3) is 0 Å². The number of nitrogen functional groups attached to an aromatic ring is 1. The average Bonchev–Trinajstić information content (AvgIpc) is 3.77. The molecule has 2 aromatic rings. The van der Waals surface area contributed by atoms with Crippen molar-refractivity contribution in [3.05, 3.63) is 35.0 Å². The van der Waals surface area contributed by atoms with Gasteiger partial charge < -0.3 is 29.8 Å². The van der Waals surface area contributed by atoms with Crippen molar-refractivity contribution < 1.29 is 26.4 Å². The number of hydrogen-bond acceptors (Lipinski definition) is 10. The third-order valence-electron chi connectivity index (χ3n) is 6.79. The second-order valence-corrected chi connectivity index (χ2v) is 10.8. The lowest BCUT2D eigenvalue weighted by molar-refractivity contribution is 0.0339. The number of nitriles is 1. The van der Waals surface area contributed by atoms with E-state index in [1.54, 1.807) is 12.3 Å². The maximum absolute atomic E-state index is 12.7. The van der Waals surface area contributed by atoms with E-state index in [0.29, 0.717) is 42.1 Å². The number of carbonyl (C=O) groups excluding carboxylic acids is 1. The van der Waals surface area contributed by atoms with Gasteiger partial charge in [0.2, 0.25) is 5.95 Å². The molecule has 0 amide bonds. The molecule has 11 heteroatoms. The quantitative estimate of drug-likeness (QED) is 0.435. The van der Waals surface area contributed by atoms with E-state index in [2.05, 4.69) is 35.2 Å². The van der Waals surface area contributed by atoms with E-state index >= 15 is 0 Å². The summed E-state index contributed by atoms with van der Waals surface area (Å²) in [6.45, 7) is 8.69. The van der Waals surface area contributed by atoms with Crippen LogP contribution in [0.5, 0.6) is 0 Å². The number of benzene rings is 1. The van der Waals surface area contributed by atoms with E-state index < -0.39 is 13.1 Å². The monoisotopic (exact) mass is 525 g/mol. The molecule has 38 heavy (non-hydrogen) atoms. The molecule has 10 nitrogen and oxygen atoms in total. The maximum Gasteiger partial charge on any atom is 0.495 e. The highest BCUT2D eigenvalue weighted by Gasteiger charge is 2.40. The summed E-state index contributed by atoms with van der Waals surface area (Å²) in [6, 6.07) is 5.98. The Morgan fingerprint density at radius 2 is 1.92 bits per heavy atom. The number of aromatic nitrogens is 2. The lowest BCUT2D eigenvalue weighted by Crippen LogP contribution is -2.50. The minimum absolute atomic E-state index is 0. The van der Waals surface area contributed by atoms with Crippen LogP contribution in [0.1, 0.15) is 69.8 Å². The number of carbonyl (C=O) groups is 1. The molecule has 1 aromatic heterocycles. The Labute approximate surface area is 227 Å². The van der Waals surface area contributed by atoms with Crippen LogP contribution in [-0.2, 0) is 18.8 Å². The van der Waals surface area contributed by atoms with E-state index in [-0.39, 0.29) is 14.2 Å². The summed E-state index contributed by atoms with van der Waals surface area (Å²) in [5.74, 6) is 0.971. The Balaban J connectivity index is 0.000000485. The first-order chi connectivity index (χ1) is 18.2. The standard InChI is InChI=1S/C21H27BN4O4.C6H9NO.2H2/c1-12-9-24-20(26-18(12)23)25-14-7-15(13-5-6-13)17(16(8-14)19(27)28-4)22-29-10-21(2,3)11-30-22;7-5-6-1-3-8-4-2-6;;/h7-9,13H,5-6,10-11H2,1-4H3,(H3,23,24,25,26);6H,1-4H2;2*1H. The summed E-state index contributed by atoms with van der Waals surface area (Å²) in [5.41, 5.74) is 9.56. The molecular weight excluding hydrogens is 485 g/mol. The fourth-order valence-corrected chi connectivity index (χ4v) is 4.35. The molecule has 2 saturated heterocycles. The van der Waals surface area contributed by atoms with Crippen molar-refractivity contribution in [2.75, 3.05) is 44.6 Å². The molecule has 206 valence electrons. The van der Waals surface area contributed by atoms with Crippen LogP contribution in [0.4, 0.5) is 17.5 Å². The molecule has 3 aliphatic rings. The van der Waals surface area contributed by atoms with Crippen LogP contribution >= 0.6 is 0 Å². The van der Waals surface area contributed by atoms with Crippen molar-refractivity contribution in [1.82, 2.24) is 9.97 Å². The summed E-state index contributed by atoms with van der Waals surface area (Å²) >= 11 is 0. The topological polar surface area (TPSA) is 142 Å². The number of nitrogens with two attached hydrogens (primary N) is 1. The summed E-state index contributed by atoms with van der Waals surface area (Å²) in [6.07, 6.45) is 5.63. The Bertz CT molecular complexity index is 1190. The zero-order chi connectivity index (χ0) is 27.3. The van der Waals surface area contributed by atoms with Crippen LogP contribution in [0.25, 0.3) is 0 Å². The first kappa shape index (κ1) is 27.8. The molecule has 0 bridgehead atoms. The number of esters is 1. The van der Waals surface area contributed by atoms with Crippen LogP contribution in [-0.4, -0.2) is 56.6 Å². The number of rotatable bonds is 5. The Morgan fingerprint density at radius 3 is 2.47 bits per heavy atom. The van der Waals surface area contributed by atoms with Crippen LogP contribution in [0.15, 0.2) is 18.3 Å². The third-order valence-corrected chi connectivity index (χ3v) is 6.79. The molecule has 0 unspecified atom stereocenters. The summed E-state index contributed by atoms with van der Waals surface area (Å²) < 4.78 is 22.2. The van der Waals surface area contributed by atoms with Gasteiger partial charge in [-0.1, -0.05) is 13.8 Å². The molecular formula is C27H40BN5O5. The number of hydrogen-bond donors (Lipinski definition) is 2. The van der Waals surface area contributed by atoms with Crippen molar-refractivity contribution in [3.8, 4) is 6.07 Å². The van der Waals surface area contributed by atoms with Gasteiger partial charge >= 0.3 is 13.1 Å². The van der Waals surface area contributed by atoms with Gasteiger partial charge in [-0.3, -0.25) is 0 Å². The SMILES string of the molecule is COC(=O)c1cc(Nc2ncc(C)c(N)n2)cc(C2CC2)c1B1OCC(C)(C)CO1.N#CC1CCOCC1.[HH].[HH]. The lowest BCUT2D eigenvalue weighted by Gasteiger charge is -2.34. The highest BCUT2D eigenvalue weighted by molar-refractivity contribution is 6.63. The van der Waals surface area contributed by atoms with Gasteiger partial charge in [-0.05, 0) is 56.2 Å². The van der Waals surface area contributed by atoms with Crippen LogP contribution in [0.2, 0.25) is 0 Å². The minimum Gasteiger partial charge on any atom is -0.465 e. The molecule has 3 N–H and O–H groups in total. The van der Waals surface area contributed by atoms with Gasteiger partial charge in [-0.25, -0.2) is 9.78 Å². The number of nitrogens with one attached hydrogen (secondary N) is 1. The van der Waals surface area contributed by atoms with Crippen LogP contribution < -0.4 is 16.5 Å². The van der Waals surface area contributed by atoms with E-state index in [9.17, 15) is 4.79 Å². The van der Waals surface area contributed by atoms with Crippen molar-refractivity contribution in [1.29, 1.82) is 5.26 Å². The predicted molar refractivity (Wildman–Crippen MR) is 149 cm³/mol. The molecule has 1 aliphatic carbocycles. The van der Waals surface area contributed by atoms with E-state index in [1.807, 2.05) is 13.0 Å². The van der Waals surface area contributed by atoms with Gasteiger partial charge in [-0.15, -0.1) is 0 Å². The fourth-order valence-electron chi connectivity index (χ4n) is 4.35. The normalized spacial score (nSPS) is 19.1. The number of methoxy groups -OCH3 is 1. The largest absolute Gasteiger partial charge is 0.495 e. The Kier molecular flexibility index (Phi) is 8.87. The number of nitrogens with zero attached hydrogens (tertiary/aromatic N) is 3. The van der Waals surface area contributed by atoms with E-state index in [1.165, 1.54) is 7.11 Å². The van der Waals surface area contributed by atoms with Crippen LogP contribution in [0.3, 0.4) is 0 Å². The number of anilines is 3. The zero-order valence-electron chi connectivity index (χ0n) is 22.6. The highest BCUT2D eigenvalue weighted by atomic mass is 16.6. The van der Waals surface area contributed by atoms with Crippen LogP contribution in [0, 0.1) is 29.6 Å². The molecule has 5 rings (SSSR count). The Hall–Kier alpha value is -3.20. The second kappa shape index (κ2) is 12.1. The second-order valence-electron chi connectivity index (χ2n) is 10.8. The third kappa shape index (κ3) is 7.01. The highest BCUT2D eigenvalue weighted by Crippen LogP contribution is 2.41. The van der Waals surface area contributed by atoms with E-state index in [0.717, 1.165) is 55.5 Å². The molecule has 0 atom stereocenters. The number of aryl methyl sites for hydroxylation is 1. The van der Waals surface area contributed by atoms with Crippen molar-refractivity contribution in [2.45, 2.75) is 52.4 Å². The van der Waals surface area contributed by atoms with Crippen molar-refractivity contribution in [2.24, 2.45) is 11.3 Å². The maximum atomic E-state index is 12.7. The van der Waals surface area contributed by atoms with Gasteiger partial charge in [0.05, 0.1) is 24.7 Å². The van der Waals surface area contributed by atoms with E-state index in [4.69, 9.17) is 29.8 Å². The van der Waals surface area contributed by atoms with Crippen molar-refractivity contribution >= 4 is 36.0 Å². The molecule has 1 saturated carbocycles. The first-order valence-electron chi connectivity index (χ1n) is 13.0. The Morgan fingerprint density at radius 1 is 1.24 bits per heavy atom. The van der Waals surface area contributed by atoms with Gasteiger partial charge in [0.15, 0.2) is 0 Å². The minimum atomic E-state index is -0.594. The first-order valence-corrected chi connectivity index (χ1v) is 13.0. The lowest BCUT2D eigenvalue weighted by atomic mass is 9.69.